The molecule has 0 heterocycles. The summed E-state index contributed by atoms with van der Waals surface area (Å²) < 4.78 is 29.9. The normalized spacial score (nSPS) is 11.9. The summed E-state index contributed by atoms with van der Waals surface area (Å²) in [5, 5.41) is 0. The zero-order valence-corrected chi connectivity index (χ0v) is 12.2. The number of methoxy groups -OCH3 is 2. The predicted octanol–water partition coefficient (Wildman–Crippen LogP) is 3.65. The Kier molecular flexibility index (Phi) is 4.65. The van der Waals surface area contributed by atoms with Crippen LogP contribution in [0, 0.1) is 5.82 Å². The van der Waals surface area contributed by atoms with Crippen molar-refractivity contribution in [2.75, 3.05) is 14.2 Å². The molecule has 0 fully saturated rings. The Bertz CT molecular complexity index is 607. The third kappa shape index (κ3) is 3.64. The van der Waals surface area contributed by atoms with Crippen LogP contribution in [-0.2, 0) is 0 Å². The van der Waals surface area contributed by atoms with Gasteiger partial charge in [-0.3, -0.25) is 0 Å². The van der Waals surface area contributed by atoms with Crippen molar-refractivity contribution >= 4 is 0 Å². The molecule has 2 N–H and O–H groups in total. The molecule has 0 amide bonds. The lowest BCUT2D eigenvalue weighted by molar-refractivity contribution is 0.383. The Hall–Kier alpha value is -2.27. The van der Waals surface area contributed by atoms with E-state index in [2.05, 4.69) is 0 Å². The second-order valence-corrected chi connectivity index (χ2v) is 4.63. The molecule has 2 aromatic carbocycles. The van der Waals surface area contributed by atoms with Gasteiger partial charge in [0.05, 0.1) is 14.2 Å². The van der Waals surface area contributed by atoms with Crippen LogP contribution in [0.2, 0.25) is 0 Å². The average Bonchev–Trinajstić information content (AvgIpc) is 2.48. The van der Waals surface area contributed by atoms with E-state index in [1.165, 1.54) is 20.3 Å². The Labute approximate surface area is 123 Å². The highest BCUT2D eigenvalue weighted by Gasteiger charge is 2.10. The van der Waals surface area contributed by atoms with E-state index in [1.807, 2.05) is 0 Å². The molecule has 1 atom stereocenters. The van der Waals surface area contributed by atoms with Gasteiger partial charge in [-0.05, 0) is 24.6 Å². The lowest BCUT2D eigenvalue weighted by atomic mass is 10.1. The lowest BCUT2D eigenvalue weighted by Gasteiger charge is -2.12. The highest BCUT2D eigenvalue weighted by atomic mass is 19.1. The first-order chi connectivity index (χ1) is 10.0. The number of halogens is 1. The fourth-order valence-corrected chi connectivity index (χ4v) is 1.85. The number of rotatable bonds is 5. The van der Waals surface area contributed by atoms with Gasteiger partial charge in [0, 0.05) is 24.2 Å². The number of nitrogens with two attached hydrogens (primary N) is 1. The fraction of sp³-hybridized carbons (Fsp3) is 0.250. The van der Waals surface area contributed by atoms with Crippen LogP contribution in [0.1, 0.15) is 18.5 Å². The first kappa shape index (κ1) is 15.1. The summed E-state index contributed by atoms with van der Waals surface area (Å²) in [6, 6.07) is 9.45. The summed E-state index contributed by atoms with van der Waals surface area (Å²) >= 11 is 0. The summed E-state index contributed by atoms with van der Waals surface area (Å²) in [6.45, 7) is 1.79. The molecule has 0 spiro atoms. The molecule has 0 unspecified atom stereocenters. The summed E-state index contributed by atoms with van der Waals surface area (Å²) in [5.41, 5.74) is 6.43. The van der Waals surface area contributed by atoms with Crippen LogP contribution in [0.15, 0.2) is 36.4 Å². The van der Waals surface area contributed by atoms with Crippen molar-refractivity contribution in [2.45, 2.75) is 13.0 Å². The minimum atomic E-state index is -0.466. The van der Waals surface area contributed by atoms with Gasteiger partial charge in [0.25, 0.3) is 0 Å². The third-order valence-corrected chi connectivity index (χ3v) is 3.03. The van der Waals surface area contributed by atoms with Crippen LogP contribution < -0.4 is 19.9 Å². The van der Waals surface area contributed by atoms with Crippen LogP contribution in [0.4, 0.5) is 4.39 Å². The molecule has 0 aliphatic rings. The number of hydrogen-bond acceptors (Lipinski definition) is 4. The average molecular weight is 291 g/mol. The van der Waals surface area contributed by atoms with Crippen molar-refractivity contribution in [2.24, 2.45) is 5.73 Å². The highest BCUT2D eigenvalue weighted by molar-refractivity contribution is 5.44. The monoisotopic (exact) mass is 291 g/mol. The Morgan fingerprint density at radius 2 is 1.52 bits per heavy atom. The van der Waals surface area contributed by atoms with Crippen molar-refractivity contribution in [3.8, 4) is 23.0 Å². The quantitative estimate of drug-likeness (QED) is 0.913. The second kappa shape index (κ2) is 6.45. The zero-order chi connectivity index (χ0) is 15.4. The molecule has 0 saturated heterocycles. The van der Waals surface area contributed by atoms with E-state index in [9.17, 15) is 4.39 Å². The number of hydrogen-bond donors (Lipinski definition) is 1. The van der Waals surface area contributed by atoms with Gasteiger partial charge in [-0.2, -0.15) is 0 Å². The summed E-state index contributed by atoms with van der Waals surface area (Å²) in [5.74, 6) is 1.22. The number of ether oxygens (including phenoxy) is 3. The SMILES string of the molecule is COc1cc(OC)cc(Oc2ccc([C@H](C)N)cc2F)c1. The van der Waals surface area contributed by atoms with Crippen molar-refractivity contribution < 1.29 is 18.6 Å². The van der Waals surface area contributed by atoms with Gasteiger partial charge < -0.3 is 19.9 Å². The van der Waals surface area contributed by atoms with Crippen LogP contribution in [-0.4, -0.2) is 14.2 Å². The van der Waals surface area contributed by atoms with Gasteiger partial charge in [0.1, 0.15) is 17.2 Å². The van der Waals surface area contributed by atoms with E-state index in [-0.39, 0.29) is 11.8 Å². The molecule has 112 valence electrons. The van der Waals surface area contributed by atoms with E-state index in [4.69, 9.17) is 19.9 Å². The summed E-state index contributed by atoms with van der Waals surface area (Å²) in [6.07, 6.45) is 0. The van der Waals surface area contributed by atoms with Crippen LogP contribution in [0.3, 0.4) is 0 Å². The standard InChI is InChI=1S/C16H18FNO3/c1-10(18)11-4-5-16(15(17)6-11)21-14-8-12(19-2)7-13(9-14)20-3/h4-10H,18H2,1-3H3/t10-/m0/s1. The van der Waals surface area contributed by atoms with Gasteiger partial charge in [0.15, 0.2) is 11.6 Å². The maximum atomic E-state index is 14.0. The highest BCUT2D eigenvalue weighted by Crippen LogP contribution is 2.32. The maximum absolute atomic E-state index is 14.0. The zero-order valence-electron chi connectivity index (χ0n) is 12.2. The lowest BCUT2D eigenvalue weighted by Crippen LogP contribution is -2.05. The Balaban J connectivity index is 2.29. The van der Waals surface area contributed by atoms with Crippen molar-refractivity contribution in [1.82, 2.24) is 0 Å². The molecule has 0 bridgehead atoms. The Morgan fingerprint density at radius 3 is 2.00 bits per heavy atom. The smallest absolute Gasteiger partial charge is 0.166 e. The molecule has 0 aromatic heterocycles. The molecular formula is C16H18FNO3. The topological polar surface area (TPSA) is 53.7 Å². The van der Waals surface area contributed by atoms with E-state index in [1.54, 1.807) is 37.3 Å². The number of benzene rings is 2. The minimum Gasteiger partial charge on any atom is -0.496 e. The van der Waals surface area contributed by atoms with Crippen molar-refractivity contribution in [1.29, 1.82) is 0 Å². The summed E-state index contributed by atoms with van der Waals surface area (Å²) in [4.78, 5) is 0. The van der Waals surface area contributed by atoms with Gasteiger partial charge >= 0.3 is 0 Å². The molecular weight excluding hydrogens is 273 g/mol. The second-order valence-electron chi connectivity index (χ2n) is 4.63. The van der Waals surface area contributed by atoms with E-state index in [0.717, 1.165) is 0 Å². The fourth-order valence-electron chi connectivity index (χ4n) is 1.85. The third-order valence-electron chi connectivity index (χ3n) is 3.03. The molecule has 21 heavy (non-hydrogen) atoms. The Morgan fingerprint density at radius 1 is 0.952 bits per heavy atom. The molecule has 5 heteroatoms. The molecule has 2 aromatic rings. The first-order valence-corrected chi connectivity index (χ1v) is 6.49. The molecule has 2 rings (SSSR count). The van der Waals surface area contributed by atoms with Crippen LogP contribution >= 0.6 is 0 Å². The molecule has 0 radical (unpaired) electrons. The molecule has 0 aliphatic heterocycles. The van der Waals surface area contributed by atoms with Gasteiger partial charge in [-0.1, -0.05) is 6.07 Å². The van der Waals surface area contributed by atoms with Gasteiger partial charge in [0.2, 0.25) is 0 Å². The van der Waals surface area contributed by atoms with Gasteiger partial charge in [-0.15, -0.1) is 0 Å². The van der Waals surface area contributed by atoms with Crippen LogP contribution in [0.5, 0.6) is 23.0 Å². The summed E-state index contributed by atoms with van der Waals surface area (Å²) in [7, 11) is 3.08. The minimum absolute atomic E-state index is 0.120. The van der Waals surface area contributed by atoms with Crippen molar-refractivity contribution in [3.63, 3.8) is 0 Å². The van der Waals surface area contributed by atoms with Gasteiger partial charge in [-0.25, -0.2) is 4.39 Å². The van der Waals surface area contributed by atoms with E-state index < -0.39 is 5.82 Å². The largest absolute Gasteiger partial charge is 0.496 e. The van der Waals surface area contributed by atoms with Crippen molar-refractivity contribution in [3.05, 3.63) is 47.8 Å². The van der Waals surface area contributed by atoms with E-state index in [0.29, 0.717) is 22.8 Å². The molecule has 0 saturated carbocycles. The predicted molar refractivity (Wildman–Crippen MR) is 78.6 cm³/mol. The maximum Gasteiger partial charge on any atom is 0.166 e. The van der Waals surface area contributed by atoms with E-state index >= 15 is 0 Å². The van der Waals surface area contributed by atoms with Crippen LogP contribution in [0.25, 0.3) is 0 Å². The molecule has 0 aliphatic carbocycles. The molecule has 4 nitrogen and oxygen atoms in total. The first-order valence-electron chi connectivity index (χ1n) is 6.49.